The molecule has 2 N–H and O–H groups in total. The molecule has 0 unspecified atom stereocenters. The highest BCUT2D eigenvalue weighted by molar-refractivity contribution is 14.0. The summed E-state index contributed by atoms with van der Waals surface area (Å²) >= 11 is 0. The van der Waals surface area contributed by atoms with Gasteiger partial charge in [-0.2, -0.15) is 0 Å². The van der Waals surface area contributed by atoms with Gasteiger partial charge in [-0.3, -0.25) is 0 Å². The van der Waals surface area contributed by atoms with Crippen LogP contribution in [0.5, 0.6) is 0 Å². The number of piperidine rings is 1. The van der Waals surface area contributed by atoms with Gasteiger partial charge < -0.3 is 15.5 Å². The first-order valence-electron chi connectivity index (χ1n) is 8.54. The van der Waals surface area contributed by atoms with Gasteiger partial charge in [-0.15, -0.1) is 24.0 Å². The van der Waals surface area contributed by atoms with Crippen LogP contribution in [-0.4, -0.2) is 44.1 Å². The molecule has 136 valence electrons. The van der Waals surface area contributed by atoms with Crippen LogP contribution < -0.4 is 10.6 Å². The molecule has 0 spiro atoms. The van der Waals surface area contributed by atoms with E-state index in [0.29, 0.717) is 18.0 Å². The summed E-state index contributed by atoms with van der Waals surface area (Å²) in [7, 11) is 2.18. The van der Waals surface area contributed by atoms with Gasteiger partial charge in [0.2, 0.25) is 0 Å². The first-order chi connectivity index (χ1) is 11.1. The van der Waals surface area contributed by atoms with Crippen LogP contribution in [0.1, 0.15) is 30.9 Å². The van der Waals surface area contributed by atoms with Crippen LogP contribution in [0.15, 0.2) is 23.2 Å². The van der Waals surface area contributed by atoms with Crippen molar-refractivity contribution in [3.8, 4) is 0 Å². The molecule has 1 fully saturated rings. The average molecular weight is 448 g/mol. The number of hydrogen-bond donors (Lipinski definition) is 2. The van der Waals surface area contributed by atoms with Gasteiger partial charge in [0.1, 0.15) is 5.82 Å². The third-order valence-corrected chi connectivity index (χ3v) is 4.38. The molecule has 4 nitrogen and oxygen atoms in total. The fourth-order valence-electron chi connectivity index (χ4n) is 2.82. The summed E-state index contributed by atoms with van der Waals surface area (Å²) in [5, 5.41) is 6.73. The number of halogens is 2. The highest BCUT2D eigenvalue weighted by atomic mass is 127. The Morgan fingerprint density at radius 3 is 2.62 bits per heavy atom. The van der Waals surface area contributed by atoms with Gasteiger partial charge in [-0.25, -0.2) is 9.38 Å². The monoisotopic (exact) mass is 448 g/mol. The minimum absolute atomic E-state index is 0. The molecular weight excluding hydrogens is 418 g/mol. The van der Waals surface area contributed by atoms with E-state index in [1.54, 1.807) is 13.0 Å². The van der Waals surface area contributed by atoms with Gasteiger partial charge >= 0.3 is 0 Å². The molecule has 1 saturated heterocycles. The van der Waals surface area contributed by atoms with E-state index in [4.69, 9.17) is 0 Å². The lowest BCUT2D eigenvalue weighted by Gasteiger charge is -2.29. The third kappa shape index (κ3) is 6.93. The van der Waals surface area contributed by atoms with E-state index in [1.807, 2.05) is 6.07 Å². The lowest BCUT2D eigenvalue weighted by molar-refractivity contribution is 0.220. The lowest BCUT2D eigenvalue weighted by atomic mass is 9.97. The molecule has 2 rings (SSSR count). The molecule has 0 aromatic heterocycles. The zero-order valence-corrected chi connectivity index (χ0v) is 17.3. The van der Waals surface area contributed by atoms with E-state index in [-0.39, 0.29) is 29.8 Å². The van der Waals surface area contributed by atoms with E-state index in [2.05, 4.69) is 34.5 Å². The minimum Gasteiger partial charge on any atom is -0.357 e. The Kier molecular flexibility index (Phi) is 9.58. The van der Waals surface area contributed by atoms with Gasteiger partial charge in [0.15, 0.2) is 5.96 Å². The molecule has 0 atom stereocenters. The smallest absolute Gasteiger partial charge is 0.191 e. The van der Waals surface area contributed by atoms with Crippen LogP contribution in [0, 0.1) is 18.7 Å². The quantitative estimate of drug-likeness (QED) is 0.413. The Morgan fingerprint density at radius 1 is 1.29 bits per heavy atom. The Labute approximate surface area is 162 Å². The average Bonchev–Trinajstić information content (AvgIpc) is 2.55. The van der Waals surface area contributed by atoms with E-state index in [0.717, 1.165) is 24.6 Å². The highest BCUT2D eigenvalue weighted by Crippen LogP contribution is 2.14. The molecule has 24 heavy (non-hydrogen) atoms. The van der Waals surface area contributed by atoms with Gasteiger partial charge in [0.25, 0.3) is 0 Å². The fourth-order valence-corrected chi connectivity index (χ4v) is 2.82. The molecule has 0 bridgehead atoms. The number of nitrogens with one attached hydrogen (secondary N) is 2. The second kappa shape index (κ2) is 10.9. The zero-order valence-electron chi connectivity index (χ0n) is 14.9. The summed E-state index contributed by atoms with van der Waals surface area (Å²) in [6, 6.07) is 5.17. The van der Waals surface area contributed by atoms with Gasteiger partial charge in [-0.05, 0) is 69.9 Å². The summed E-state index contributed by atoms with van der Waals surface area (Å²) in [6.45, 7) is 8.55. The van der Waals surface area contributed by atoms with E-state index in [1.165, 1.54) is 32.0 Å². The maximum atomic E-state index is 13.3. The molecule has 1 aromatic carbocycles. The molecule has 1 aliphatic rings. The SMILES string of the molecule is CCNC(=NCc1ccc(F)c(C)c1)NCC1CCN(C)CC1.I. The molecule has 6 heteroatoms. The molecule has 0 amide bonds. The highest BCUT2D eigenvalue weighted by Gasteiger charge is 2.16. The Morgan fingerprint density at radius 2 is 2.00 bits per heavy atom. The second-order valence-corrected chi connectivity index (χ2v) is 6.41. The Bertz CT molecular complexity index is 528. The van der Waals surface area contributed by atoms with E-state index < -0.39 is 0 Å². The third-order valence-electron chi connectivity index (χ3n) is 4.38. The van der Waals surface area contributed by atoms with Crippen LogP contribution in [-0.2, 0) is 6.54 Å². The predicted octanol–water partition coefficient (Wildman–Crippen LogP) is 3.15. The summed E-state index contributed by atoms with van der Waals surface area (Å²) in [5.74, 6) is 1.39. The van der Waals surface area contributed by atoms with Crippen molar-refractivity contribution >= 4 is 29.9 Å². The topological polar surface area (TPSA) is 39.7 Å². The second-order valence-electron chi connectivity index (χ2n) is 6.41. The number of nitrogens with zero attached hydrogens (tertiary/aromatic N) is 2. The summed E-state index contributed by atoms with van der Waals surface area (Å²) in [4.78, 5) is 7.00. The normalized spacial score (nSPS) is 16.6. The number of guanidine groups is 1. The van der Waals surface area contributed by atoms with Crippen LogP contribution in [0.3, 0.4) is 0 Å². The molecular formula is C18H30FIN4. The molecule has 0 aliphatic carbocycles. The Hall–Kier alpha value is -0.890. The standard InChI is InChI=1S/C18H29FN4.HI/c1-4-20-18(21-12-15-7-9-23(3)10-8-15)22-13-16-5-6-17(19)14(2)11-16;/h5-6,11,15H,4,7-10,12-13H2,1-3H3,(H2,20,21,22);1H. The van der Waals surface area contributed by atoms with Crippen molar-refractivity contribution in [2.75, 3.05) is 33.2 Å². The van der Waals surface area contributed by atoms with Crippen LogP contribution in [0.25, 0.3) is 0 Å². The number of likely N-dealkylation sites (tertiary alicyclic amines) is 1. The van der Waals surface area contributed by atoms with Crippen molar-refractivity contribution in [2.24, 2.45) is 10.9 Å². The fraction of sp³-hybridized carbons (Fsp3) is 0.611. The van der Waals surface area contributed by atoms with Crippen LogP contribution in [0.4, 0.5) is 4.39 Å². The van der Waals surface area contributed by atoms with Crippen molar-refractivity contribution in [1.29, 1.82) is 0 Å². The largest absolute Gasteiger partial charge is 0.357 e. The zero-order chi connectivity index (χ0) is 16.7. The molecule has 1 aromatic rings. The number of benzene rings is 1. The molecule has 0 saturated carbocycles. The number of aliphatic imine (C=N–C) groups is 1. The van der Waals surface area contributed by atoms with Crippen LogP contribution >= 0.6 is 24.0 Å². The van der Waals surface area contributed by atoms with E-state index in [9.17, 15) is 4.39 Å². The Balaban J connectivity index is 0.00000288. The van der Waals surface area contributed by atoms with Crippen molar-refractivity contribution in [1.82, 2.24) is 15.5 Å². The maximum Gasteiger partial charge on any atom is 0.191 e. The molecule has 1 aliphatic heterocycles. The summed E-state index contributed by atoms with van der Waals surface area (Å²) in [5.41, 5.74) is 1.70. The first kappa shape index (κ1) is 21.2. The maximum absolute atomic E-state index is 13.3. The van der Waals surface area contributed by atoms with E-state index >= 15 is 0 Å². The van der Waals surface area contributed by atoms with Crippen molar-refractivity contribution in [3.63, 3.8) is 0 Å². The summed E-state index contributed by atoms with van der Waals surface area (Å²) < 4.78 is 13.3. The summed E-state index contributed by atoms with van der Waals surface area (Å²) in [6.07, 6.45) is 2.47. The lowest BCUT2D eigenvalue weighted by Crippen LogP contribution is -2.42. The van der Waals surface area contributed by atoms with Gasteiger partial charge in [0, 0.05) is 13.1 Å². The van der Waals surface area contributed by atoms with Crippen LogP contribution in [0.2, 0.25) is 0 Å². The first-order valence-corrected chi connectivity index (χ1v) is 8.54. The number of aryl methyl sites for hydroxylation is 1. The predicted molar refractivity (Wildman–Crippen MR) is 110 cm³/mol. The number of rotatable bonds is 5. The molecule has 0 radical (unpaired) electrons. The van der Waals surface area contributed by atoms with Gasteiger partial charge in [-0.1, -0.05) is 12.1 Å². The minimum atomic E-state index is -0.162. The van der Waals surface area contributed by atoms with Gasteiger partial charge in [0.05, 0.1) is 6.54 Å². The molecule has 1 heterocycles. The van der Waals surface area contributed by atoms with Crippen molar-refractivity contribution < 1.29 is 4.39 Å². The van der Waals surface area contributed by atoms with Crippen molar-refractivity contribution in [3.05, 3.63) is 35.1 Å². The number of hydrogen-bond acceptors (Lipinski definition) is 2. The van der Waals surface area contributed by atoms with Crippen molar-refractivity contribution in [2.45, 2.75) is 33.2 Å².